The molecular weight excluding hydrogens is 264 g/mol. The van der Waals surface area contributed by atoms with Crippen molar-refractivity contribution in [3.8, 4) is 0 Å². The lowest BCUT2D eigenvalue weighted by atomic mass is 9.77. The summed E-state index contributed by atoms with van der Waals surface area (Å²) in [5.41, 5.74) is 0.789. The molecule has 2 rings (SSSR count). The van der Waals surface area contributed by atoms with E-state index in [2.05, 4.69) is 34.4 Å². The molecule has 1 saturated carbocycles. The summed E-state index contributed by atoms with van der Waals surface area (Å²) in [6.07, 6.45) is 7.16. The first-order valence-corrected chi connectivity index (χ1v) is 8.05. The van der Waals surface area contributed by atoms with Crippen LogP contribution in [0.1, 0.15) is 51.5 Å². The van der Waals surface area contributed by atoms with Crippen LogP contribution in [0.5, 0.6) is 0 Å². The molecule has 0 bridgehead atoms. The fourth-order valence-corrected chi connectivity index (χ4v) is 2.78. The van der Waals surface area contributed by atoms with Gasteiger partial charge in [-0.1, -0.05) is 13.8 Å². The Morgan fingerprint density at radius 2 is 2.10 bits per heavy atom. The van der Waals surface area contributed by atoms with Gasteiger partial charge in [0.25, 0.3) is 0 Å². The number of nitrogens with one attached hydrogen (secondary N) is 2. The SMILES string of the molecule is CCCNc1ncc(C)c(NC2(CO)CCC(C)CC2)n1. The zero-order chi connectivity index (χ0) is 15.3. The molecule has 0 amide bonds. The van der Waals surface area contributed by atoms with E-state index in [1.54, 1.807) is 0 Å². The first-order chi connectivity index (χ1) is 10.1. The molecule has 5 nitrogen and oxygen atoms in total. The number of aliphatic hydroxyl groups is 1. The molecule has 0 spiro atoms. The first kappa shape index (κ1) is 16.0. The molecule has 21 heavy (non-hydrogen) atoms. The normalized spacial score (nSPS) is 25.6. The van der Waals surface area contributed by atoms with Crippen LogP contribution in [0, 0.1) is 12.8 Å². The highest BCUT2D eigenvalue weighted by molar-refractivity contribution is 5.48. The molecule has 118 valence electrons. The maximum Gasteiger partial charge on any atom is 0.224 e. The highest BCUT2D eigenvalue weighted by Gasteiger charge is 2.34. The minimum absolute atomic E-state index is 0.154. The molecule has 1 aromatic heterocycles. The monoisotopic (exact) mass is 292 g/mol. The van der Waals surface area contributed by atoms with Crippen LogP contribution in [0.15, 0.2) is 6.20 Å². The van der Waals surface area contributed by atoms with Gasteiger partial charge >= 0.3 is 0 Å². The summed E-state index contributed by atoms with van der Waals surface area (Å²) >= 11 is 0. The number of aliphatic hydroxyl groups excluding tert-OH is 1. The molecule has 1 aromatic rings. The van der Waals surface area contributed by atoms with E-state index in [0.717, 1.165) is 55.9 Å². The zero-order valence-corrected chi connectivity index (χ0v) is 13.4. The third kappa shape index (κ3) is 4.06. The van der Waals surface area contributed by atoms with Crippen molar-refractivity contribution in [1.29, 1.82) is 0 Å². The summed E-state index contributed by atoms with van der Waals surface area (Å²) in [4.78, 5) is 8.88. The Kier molecular flexibility index (Phi) is 5.39. The Hall–Kier alpha value is -1.36. The van der Waals surface area contributed by atoms with Gasteiger partial charge in [0.15, 0.2) is 0 Å². The topological polar surface area (TPSA) is 70.1 Å². The van der Waals surface area contributed by atoms with Crippen LogP contribution < -0.4 is 10.6 Å². The van der Waals surface area contributed by atoms with E-state index in [1.807, 2.05) is 13.1 Å². The van der Waals surface area contributed by atoms with Crippen LogP contribution in [0.2, 0.25) is 0 Å². The van der Waals surface area contributed by atoms with Crippen molar-refractivity contribution < 1.29 is 5.11 Å². The molecule has 1 aliphatic carbocycles. The predicted octanol–water partition coefficient (Wildman–Crippen LogP) is 2.96. The van der Waals surface area contributed by atoms with E-state index in [1.165, 1.54) is 0 Å². The summed E-state index contributed by atoms with van der Waals surface area (Å²) in [7, 11) is 0. The fourth-order valence-electron chi connectivity index (χ4n) is 2.78. The first-order valence-electron chi connectivity index (χ1n) is 8.05. The molecule has 0 saturated heterocycles. The molecule has 0 radical (unpaired) electrons. The highest BCUT2D eigenvalue weighted by atomic mass is 16.3. The number of anilines is 2. The van der Waals surface area contributed by atoms with Crippen molar-refractivity contribution in [3.05, 3.63) is 11.8 Å². The number of aryl methyl sites for hydroxylation is 1. The van der Waals surface area contributed by atoms with E-state index in [-0.39, 0.29) is 12.1 Å². The Labute approximate surface area is 127 Å². The van der Waals surface area contributed by atoms with Crippen molar-refractivity contribution in [2.45, 2.75) is 58.4 Å². The number of rotatable bonds is 6. The summed E-state index contributed by atoms with van der Waals surface area (Å²) in [6.45, 7) is 7.42. The van der Waals surface area contributed by atoms with Gasteiger partial charge in [0.05, 0.1) is 12.1 Å². The van der Waals surface area contributed by atoms with Crippen molar-refractivity contribution in [3.63, 3.8) is 0 Å². The predicted molar refractivity (Wildman–Crippen MR) is 86.6 cm³/mol. The van der Waals surface area contributed by atoms with Crippen LogP contribution in [0.25, 0.3) is 0 Å². The van der Waals surface area contributed by atoms with Gasteiger partial charge in [-0.25, -0.2) is 4.98 Å². The van der Waals surface area contributed by atoms with Crippen LogP contribution in [-0.2, 0) is 0 Å². The largest absolute Gasteiger partial charge is 0.394 e. The molecule has 0 aliphatic heterocycles. The highest BCUT2D eigenvalue weighted by Crippen LogP contribution is 2.34. The number of hydrogen-bond acceptors (Lipinski definition) is 5. The second kappa shape index (κ2) is 7.07. The molecule has 1 heterocycles. The molecule has 5 heteroatoms. The Morgan fingerprint density at radius 1 is 1.38 bits per heavy atom. The average Bonchev–Trinajstić information content (AvgIpc) is 2.50. The molecule has 0 aromatic carbocycles. The second-order valence-corrected chi connectivity index (χ2v) is 6.40. The van der Waals surface area contributed by atoms with E-state index in [4.69, 9.17) is 0 Å². The Morgan fingerprint density at radius 3 is 2.71 bits per heavy atom. The van der Waals surface area contributed by atoms with E-state index >= 15 is 0 Å². The van der Waals surface area contributed by atoms with Crippen molar-refractivity contribution in [2.75, 3.05) is 23.8 Å². The summed E-state index contributed by atoms with van der Waals surface area (Å²) < 4.78 is 0. The second-order valence-electron chi connectivity index (χ2n) is 6.40. The minimum Gasteiger partial charge on any atom is -0.394 e. The molecule has 1 aliphatic rings. The zero-order valence-electron chi connectivity index (χ0n) is 13.4. The molecule has 1 fully saturated rings. The van der Waals surface area contributed by atoms with E-state index in [9.17, 15) is 5.11 Å². The minimum atomic E-state index is -0.229. The smallest absolute Gasteiger partial charge is 0.224 e. The lowest BCUT2D eigenvalue weighted by Gasteiger charge is -2.39. The van der Waals surface area contributed by atoms with Crippen LogP contribution in [0.3, 0.4) is 0 Å². The molecule has 0 unspecified atom stereocenters. The lowest BCUT2D eigenvalue weighted by molar-refractivity contribution is 0.155. The number of hydrogen-bond donors (Lipinski definition) is 3. The quantitative estimate of drug-likeness (QED) is 0.752. The van der Waals surface area contributed by atoms with Gasteiger partial charge < -0.3 is 15.7 Å². The summed E-state index contributed by atoms with van der Waals surface area (Å²) in [6, 6.07) is 0. The van der Waals surface area contributed by atoms with Gasteiger partial charge in [0.2, 0.25) is 5.95 Å². The Bertz CT molecular complexity index is 456. The molecule has 0 atom stereocenters. The summed E-state index contributed by atoms with van der Waals surface area (Å²) in [5, 5.41) is 16.6. The van der Waals surface area contributed by atoms with Crippen LogP contribution in [0.4, 0.5) is 11.8 Å². The van der Waals surface area contributed by atoms with Crippen molar-refractivity contribution in [1.82, 2.24) is 9.97 Å². The van der Waals surface area contributed by atoms with Gasteiger partial charge in [0.1, 0.15) is 5.82 Å². The molecule has 3 N–H and O–H groups in total. The van der Waals surface area contributed by atoms with E-state index in [0.29, 0.717) is 5.95 Å². The van der Waals surface area contributed by atoms with Gasteiger partial charge in [-0.15, -0.1) is 0 Å². The van der Waals surface area contributed by atoms with Crippen molar-refractivity contribution in [2.24, 2.45) is 5.92 Å². The third-order valence-corrected chi connectivity index (χ3v) is 4.42. The van der Waals surface area contributed by atoms with Gasteiger partial charge in [-0.3, -0.25) is 0 Å². The van der Waals surface area contributed by atoms with Gasteiger partial charge in [0, 0.05) is 18.3 Å². The maximum absolute atomic E-state index is 9.87. The maximum atomic E-state index is 9.87. The van der Waals surface area contributed by atoms with Crippen LogP contribution >= 0.6 is 0 Å². The lowest BCUT2D eigenvalue weighted by Crippen LogP contribution is -2.45. The van der Waals surface area contributed by atoms with Crippen molar-refractivity contribution >= 4 is 11.8 Å². The van der Waals surface area contributed by atoms with Gasteiger partial charge in [-0.2, -0.15) is 4.98 Å². The van der Waals surface area contributed by atoms with E-state index < -0.39 is 0 Å². The van der Waals surface area contributed by atoms with Gasteiger partial charge in [-0.05, 0) is 44.9 Å². The van der Waals surface area contributed by atoms with Crippen LogP contribution in [-0.4, -0.2) is 33.8 Å². The molecular formula is C16H28N4O. The number of aromatic nitrogens is 2. The Balaban J connectivity index is 2.13. The number of nitrogens with zero attached hydrogens (tertiary/aromatic N) is 2. The standard InChI is InChI=1S/C16H28N4O/c1-4-9-17-15-18-10-13(3)14(19-15)20-16(11-21)7-5-12(2)6-8-16/h10,12,21H,4-9,11H2,1-3H3,(H2,17,18,19,20). The average molecular weight is 292 g/mol. The fraction of sp³-hybridized carbons (Fsp3) is 0.750. The third-order valence-electron chi connectivity index (χ3n) is 4.42. The summed E-state index contributed by atoms with van der Waals surface area (Å²) in [5.74, 6) is 2.24.